The van der Waals surface area contributed by atoms with Gasteiger partial charge in [-0.2, -0.15) is 0 Å². The maximum Gasteiger partial charge on any atom is 0.0806 e. The summed E-state index contributed by atoms with van der Waals surface area (Å²) in [7, 11) is 0. The molecular formula is C15H26O. The maximum atomic E-state index is 10.5. The van der Waals surface area contributed by atoms with Crippen molar-refractivity contribution >= 4 is 0 Å². The molecule has 0 aromatic heterocycles. The lowest BCUT2D eigenvalue weighted by Gasteiger charge is -2.43. The van der Waals surface area contributed by atoms with Gasteiger partial charge in [0.05, 0.1) is 6.10 Å². The summed E-state index contributed by atoms with van der Waals surface area (Å²) in [4.78, 5) is 0. The van der Waals surface area contributed by atoms with E-state index in [0.29, 0.717) is 17.8 Å². The van der Waals surface area contributed by atoms with Crippen LogP contribution in [-0.2, 0) is 0 Å². The Hall–Kier alpha value is -0.300. The van der Waals surface area contributed by atoms with E-state index in [1.807, 2.05) is 0 Å². The van der Waals surface area contributed by atoms with Crippen molar-refractivity contribution in [2.45, 2.75) is 60.0 Å². The standard InChI is InChI=1S/C15H26O/c1-9(2)12-8-15(4,5)14(16)13-10(3)6-7-11(12)13/h9-10,12,14,16H,6-8H2,1-5H3/t10-,12?,14-/m1/s1. The second kappa shape index (κ2) is 3.87. The van der Waals surface area contributed by atoms with Gasteiger partial charge in [0, 0.05) is 0 Å². The molecule has 0 aromatic carbocycles. The third-order valence-electron chi connectivity index (χ3n) is 4.78. The lowest BCUT2D eigenvalue weighted by Crippen LogP contribution is -2.40. The van der Waals surface area contributed by atoms with Crippen LogP contribution in [0.2, 0.25) is 0 Å². The molecule has 0 fully saturated rings. The molecule has 2 aliphatic carbocycles. The predicted molar refractivity (Wildman–Crippen MR) is 68.2 cm³/mol. The molecule has 0 aromatic rings. The van der Waals surface area contributed by atoms with Gasteiger partial charge in [0.1, 0.15) is 0 Å². The van der Waals surface area contributed by atoms with Gasteiger partial charge in [0.2, 0.25) is 0 Å². The van der Waals surface area contributed by atoms with Crippen molar-refractivity contribution in [2.24, 2.45) is 23.2 Å². The van der Waals surface area contributed by atoms with Crippen molar-refractivity contribution < 1.29 is 5.11 Å². The first-order valence-electron chi connectivity index (χ1n) is 6.75. The molecule has 0 radical (unpaired) electrons. The van der Waals surface area contributed by atoms with E-state index >= 15 is 0 Å². The van der Waals surface area contributed by atoms with Gasteiger partial charge in [-0.3, -0.25) is 0 Å². The van der Waals surface area contributed by atoms with E-state index in [2.05, 4.69) is 34.6 Å². The van der Waals surface area contributed by atoms with E-state index in [1.165, 1.54) is 18.4 Å². The molecule has 0 saturated heterocycles. The fourth-order valence-corrected chi connectivity index (χ4v) is 3.69. The number of aliphatic hydroxyl groups excluding tert-OH is 1. The minimum Gasteiger partial charge on any atom is -0.388 e. The van der Waals surface area contributed by atoms with Gasteiger partial charge in [-0.25, -0.2) is 0 Å². The van der Waals surface area contributed by atoms with Gasteiger partial charge in [0.25, 0.3) is 0 Å². The molecule has 0 saturated carbocycles. The molecule has 0 heterocycles. The third-order valence-corrected chi connectivity index (χ3v) is 4.78. The Labute approximate surface area is 99.9 Å². The number of allylic oxidation sites excluding steroid dienone is 1. The molecule has 0 aliphatic heterocycles. The highest BCUT2D eigenvalue weighted by Crippen LogP contribution is 2.52. The van der Waals surface area contributed by atoms with E-state index in [-0.39, 0.29) is 11.5 Å². The minimum absolute atomic E-state index is 0.0619. The van der Waals surface area contributed by atoms with E-state index < -0.39 is 0 Å². The lowest BCUT2D eigenvalue weighted by molar-refractivity contribution is 0.0392. The van der Waals surface area contributed by atoms with Gasteiger partial charge >= 0.3 is 0 Å². The summed E-state index contributed by atoms with van der Waals surface area (Å²) in [5.41, 5.74) is 3.07. The number of hydrogen-bond donors (Lipinski definition) is 1. The summed E-state index contributed by atoms with van der Waals surface area (Å²) in [6.07, 6.45) is 3.43. The molecule has 2 rings (SSSR count). The summed E-state index contributed by atoms with van der Waals surface area (Å²) in [6, 6.07) is 0. The zero-order valence-electron chi connectivity index (χ0n) is 11.4. The Morgan fingerprint density at radius 1 is 1.31 bits per heavy atom. The molecule has 3 atom stereocenters. The minimum atomic E-state index is -0.199. The molecule has 1 unspecified atom stereocenters. The molecular weight excluding hydrogens is 196 g/mol. The normalized spacial score (nSPS) is 38.1. The average molecular weight is 222 g/mol. The molecule has 92 valence electrons. The van der Waals surface area contributed by atoms with E-state index in [4.69, 9.17) is 0 Å². The van der Waals surface area contributed by atoms with Crippen LogP contribution in [0.4, 0.5) is 0 Å². The number of rotatable bonds is 1. The smallest absolute Gasteiger partial charge is 0.0806 e. The molecule has 0 bridgehead atoms. The first-order chi connectivity index (χ1) is 7.34. The van der Waals surface area contributed by atoms with Crippen LogP contribution in [0.5, 0.6) is 0 Å². The summed E-state index contributed by atoms with van der Waals surface area (Å²) < 4.78 is 0. The number of aliphatic hydroxyl groups is 1. The van der Waals surface area contributed by atoms with Crippen LogP contribution >= 0.6 is 0 Å². The summed E-state index contributed by atoms with van der Waals surface area (Å²) in [5, 5.41) is 10.5. The first-order valence-corrected chi connectivity index (χ1v) is 6.75. The quantitative estimate of drug-likeness (QED) is 0.669. The van der Waals surface area contributed by atoms with Crippen LogP contribution in [0.15, 0.2) is 11.1 Å². The van der Waals surface area contributed by atoms with Crippen LogP contribution in [-0.4, -0.2) is 11.2 Å². The molecule has 16 heavy (non-hydrogen) atoms. The molecule has 0 spiro atoms. The van der Waals surface area contributed by atoms with E-state index in [0.717, 1.165) is 6.42 Å². The van der Waals surface area contributed by atoms with Crippen molar-refractivity contribution in [3.05, 3.63) is 11.1 Å². The Morgan fingerprint density at radius 3 is 2.50 bits per heavy atom. The second-order valence-electron chi connectivity index (χ2n) is 6.87. The largest absolute Gasteiger partial charge is 0.388 e. The van der Waals surface area contributed by atoms with Crippen molar-refractivity contribution in [2.75, 3.05) is 0 Å². The summed E-state index contributed by atoms with van der Waals surface area (Å²) in [5.74, 6) is 2.02. The van der Waals surface area contributed by atoms with Crippen molar-refractivity contribution in [3.8, 4) is 0 Å². The Kier molecular flexibility index (Phi) is 2.94. The first kappa shape index (κ1) is 12.2. The summed E-state index contributed by atoms with van der Waals surface area (Å²) in [6.45, 7) is 11.4. The highest BCUT2D eigenvalue weighted by Gasteiger charge is 2.45. The fraction of sp³-hybridized carbons (Fsp3) is 0.867. The van der Waals surface area contributed by atoms with Crippen LogP contribution in [0.1, 0.15) is 53.9 Å². The SMILES string of the molecule is CC(C)C1CC(C)(C)[C@H](O)C2=C1CC[C@H]2C. The molecule has 2 aliphatic rings. The van der Waals surface area contributed by atoms with Gasteiger partial charge < -0.3 is 5.11 Å². The second-order valence-corrected chi connectivity index (χ2v) is 6.87. The maximum absolute atomic E-state index is 10.5. The topological polar surface area (TPSA) is 20.2 Å². The highest BCUT2D eigenvalue weighted by atomic mass is 16.3. The molecule has 1 N–H and O–H groups in total. The van der Waals surface area contributed by atoms with Gasteiger partial charge in [-0.1, -0.05) is 40.2 Å². The van der Waals surface area contributed by atoms with E-state index in [1.54, 1.807) is 5.57 Å². The van der Waals surface area contributed by atoms with Crippen LogP contribution in [0, 0.1) is 23.2 Å². The van der Waals surface area contributed by atoms with E-state index in [9.17, 15) is 5.11 Å². The van der Waals surface area contributed by atoms with Crippen molar-refractivity contribution in [3.63, 3.8) is 0 Å². The number of hydrogen-bond acceptors (Lipinski definition) is 1. The Morgan fingerprint density at radius 2 is 1.94 bits per heavy atom. The third kappa shape index (κ3) is 1.73. The predicted octanol–water partition coefficient (Wildman–Crippen LogP) is 3.78. The highest BCUT2D eigenvalue weighted by molar-refractivity contribution is 5.33. The average Bonchev–Trinajstić information content (AvgIpc) is 2.54. The summed E-state index contributed by atoms with van der Waals surface area (Å²) >= 11 is 0. The Balaban J connectivity index is 2.42. The molecule has 0 amide bonds. The zero-order chi connectivity index (χ0) is 12.1. The molecule has 1 heteroatoms. The Bertz CT molecular complexity index is 311. The zero-order valence-corrected chi connectivity index (χ0v) is 11.4. The lowest BCUT2D eigenvalue weighted by atomic mass is 9.64. The van der Waals surface area contributed by atoms with Gasteiger partial charge in [0.15, 0.2) is 0 Å². The van der Waals surface area contributed by atoms with Crippen LogP contribution in [0.25, 0.3) is 0 Å². The van der Waals surface area contributed by atoms with Crippen LogP contribution in [0.3, 0.4) is 0 Å². The van der Waals surface area contributed by atoms with Gasteiger partial charge in [-0.15, -0.1) is 0 Å². The van der Waals surface area contributed by atoms with Gasteiger partial charge in [-0.05, 0) is 48.0 Å². The van der Waals surface area contributed by atoms with Crippen LogP contribution < -0.4 is 0 Å². The van der Waals surface area contributed by atoms with Crippen molar-refractivity contribution in [1.29, 1.82) is 0 Å². The van der Waals surface area contributed by atoms with Crippen molar-refractivity contribution in [1.82, 2.24) is 0 Å². The fourth-order valence-electron chi connectivity index (χ4n) is 3.69. The monoisotopic (exact) mass is 222 g/mol. The molecule has 1 nitrogen and oxygen atoms in total.